The molecule has 0 aliphatic rings. The first-order chi connectivity index (χ1) is 8.00. The highest BCUT2D eigenvalue weighted by atomic mass is 32.1. The Bertz CT molecular complexity index is 384. The maximum Gasteiger partial charge on any atom is 0.0857 e. The van der Waals surface area contributed by atoms with Gasteiger partial charge in [-0.2, -0.15) is 0 Å². The quantitative estimate of drug-likeness (QED) is 0.646. The van der Waals surface area contributed by atoms with Crippen molar-refractivity contribution in [3.8, 4) is 12.3 Å². The molecule has 3 nitrogen and oxygen atoms in total. The lowest BCUT2D eigenvalue weighted by atomic mass is 9.89. The molecular weight excluding hydrogens is 230 g/mol. The zero-order valence-electron chi connectivity index (χ0n) is 11.1. The van der Waals surface area contributed by atoms with Crippen LogP contribution < -0.4 is 5.32 Å². The summed E-state index contributed by atoms with van der Waals surface area (Å²) in [5.74, 6) is 2.68. The monoisotopic (exact) mass is 251 g/mol. The van der Waals surface area contributed by atoms with Gasteiger partial charge in [-0.25, -0.2) is 0 Å². The van der Waals surface area contributed by atoms with Crippen LogP contribution in [-0.4, -0.2) is 16.6 Å². The molecule has 1 unspecified atom stereocenters. The summed E-state index contributed by atoms with van der Waals surface area (Å²) < 4.78 is 4.10. The second kappa shape index (κ2) is 6.13. The molecule has 4 heteroatoms. The van der Waals surface area contributed by atoms with Gasteiger partial charge in [0.05, 0.1) is 10.6 Å². The van der Waals surface area contributed by atoms with E-state index in [-0.39, 0.29) is 5.41 Å². The zero-order valence-corrected chi connectivity index (χ0v) is 11.9. The van der Waals surface area contributed by atoms with Crippen molar-refractivity contribution in [2.45, 2.75) is 51.5 Å². The van der Waals surface area contributed by atoms with Crippen molar-refractivity contribution >= 4 is 11.5 Å². The number of rotatable bonds is 5. The zero-order chi connectivity index (χ0) is 12.9. The lowest BCUT2D eigenvalue weighted by molar-refractivity contribution is 0.505. The van der Waals surface area contributed by atoms with Crippen LogP contribution in [0.15, 0.2) is 0 Å². The van der Waals surface area contributed by atoms with Gasteiger partial charge in [0.25, 0.3) is 0 Å². The van der Waals surface area contributed by atoms with E-state index in [0.717, 1.165) is 25.0 Å². The third-order valence-electron chi connectivity index (χ3n) is 2.70. The fourth-order valence-electron chi connectivity index (χ4n) is 1.76. The van der Waals surface area contributed by atoms with Gasteiger partial charge in [0.15, 0.2) is 0 Å². The van der Waals surface area contributed by atoms with E-state index in [0.29, 0.717) is 6.04 Å². The largest absolute Gasteiger partial charge is 0.312 e. The van der Waals surface area contributed by atoms with Crippen LogP contribution in [0.2, 0.25) is 0 Å². The van der Waals surface area contributed by atoms with Crippen molar-refractivity contribution in [3.05, 3.63) is 10.6 Å². The molecule has 1 heterocycles. The van der Waals surface area contributed by atoms with E-state index in [1.165, 1.54) is 16.4 Å². The summed E-state index contributed by atoms with van der Waals surface area (Å²) >= 11 is 1.49. The molecule has 0 spiro atoms. The molecule has 1 aromatic rings. The molecule has 0 bridgehead atoms. The molecule has 0 aromatic carbocycles. The Hall–Kier alpha value is -0.920. The topological polar surface area (TPSA) is 37.8 Å². The third-order valence-corrected chi connectivity index (χ3v) is 3.54. The summed E-state index contributed by atoms with van der Waals surface area (Å²) in [6.45, 7) is 6.50. The Morgan fingerprint density at radius 3 is 2.71 bits per heavy atom. The van der Waals surface area contributed by atoms with Crippen LogP contribution in [0.5, 0.6) is 0 Å². The summed E-state index contributed by atoms with van der Waals surface area (Å²) in [7, 11) is 1.98. The number of unbranched alkanes of at least 4 members (excludes halogenated alkanes) is 1. The smallest absolute Gasteiger partial charge is 0.0857 e. The number of hydrogen-bond acceptors (Lipinski definition) is 4. The second-order valence-electron chi connectivity index (χ2n) is 5.17. The molecule has 1 aromatic heterocycles. The molecule has 17 heavy (non-hydrogen) atoms. The fraction of sp³-hybridized carbons (Fsp3) is 0.692. The first-order valence-electron chi connectivity index (χ1n) is 5.94. The molecule has 0 saturated heterocycles. The number of nitrogens with zero attached hydrogens (tertiary/aromatic N) is 2. The van der Waals surface area contributed by atoms with Crippen molar-refractivity contribution in [2.24, 2.45) is 0 Å². The molecule has 0 amide bonds. The summed E-state index contributed by atoms with van der Waals surface area (Å²) in [5, 5.41) is 7.61. The van der Waals surface area contributed by atoms with Gasteiger partial charge in [0.1, 0.15) is 0 Å². The van der Waals surface area contributed by atoms with Crippen LogP contribution in [-0.2, 0) is 5.41 Å². The van der Waals surface area contributed by atoms with E-state index in [9.17, 15) is 0 Å². The Kier molecular flexibility index (Phi) is 5.10. The predicted octanol–water partition coefficient (Wildman–Crippen LogP) is 2.90. The lowest BCUT2D eigenvalue weighted by Gasteiger charge is -2.21. The number of terminal acetylenes is 1. The number of aromatic nitrogens is 2. The van der Waals surface area contributed by atoms with Gasteiger partial charge < -0.3 is 5.32 Å². The minimum Gasteiger partial charge on any atom is -0.312 e. The maximum atomic E-state index is 5.28. The average Bonchev–Trinajstić information content (AvgIpc) is 2.73. The molecule has 0 saturated carbocycles. The summed E-state index contributed by atoms with van der Waals surface area (Å²) in [5.41, 5.74) is 1.14. The van der Waals surface area contributed by atoms with Crippen molar-refractivity contribution in [2.75, 3.05) is 7.05 Å². The molecular formula is C13H21N3S. The van der Waals surface area contributed by atoms with Crippen LogP contribution in [0, 0.1) is 12.3 Å². The van der Waals surface area contributed by atoms with Crippen molar-refractivity contribution in [1.82, 2.24) is 14.9 Å². The third kappa shape index (κ3) is 3.79. The predicted molar refractivity (Wildman–Crippen MR) is 73.1 cm³/mol. The molecule has 0 aliphatic carbocycles. The van der Waals surface area contributed by atoms with E-state index in [1.54, 1.807) is 0 Å². The fourth-order valence-corrected chi connectivity index (χ4v) is 2.77. The highest BCUT2D eigenvalue weighted by Crippen LogP contribution is 2.32. The highest BCUT2D eigenvalue weighted by Gasteiger charge is 2.26. The van der Waals surface area contributed by atoms with Crippen molar-refractivity contribution in [1.29, 1.82) is 0 Å². The van der Waals surface area contributed by atoms with Crippen LogP contribution in [0.4, 0.5) is 0 Å². The SMILES string of the molecule is C#CCCCC(NC)c1snnc1C(C)(C)C. The van der Waals surface area contributed by atoms with Gasteiger partial charge in [-0.1, -0.05) is 25.3 Å². The summed E-state index contributed by atoms with van der Waals surface area (Å²) in [4.78, 5) is 1.25. The standard InChI is InChI=1S/C13H21N3S/c1-6-7-8-9-10(14-5)11-12(13(2,3)4)15-16-17-11/h1,10,14H,7-9H2,2-5H3. The molecule has 0 radical (unpaired) electrons. The highest BCUT2D eigenvalue weighted by molar-refractivity contribution is 7.05. The van der Waals surface area contributed by atoms with E-state index >= 15 is 0 Å². The Labute approximate surface area is 108 Å². The van der Waals surface area contributed by atoms with Gasteiger partial charge in [-0.3, -0.25) is 0 Å². The van der Waals surface area contributed by atoms with Crippen molar-refractivity contribution < 1.29 is 0 Å². The number of nitrogens with one attached hydrogen (secondary N) is 1. The molecule has 0 aliphatic heterocycles. The average molecular weight is 251 g/mol. The van der Waals surface area contributed by atoms with E-state index in [1.807, 2.05) is 7.05 Å². The van der Waals surface area contributed by atoms with E-state index in [4.69, 9.17) is 6.42 Å². The summed E-state index contributed by atoms with van der Waals surface area (Å²) in [6, 6.07) is 0.317. The van der Waals surface area contributed by atoms with E-state index in [2.05, 4.69) is 41.6 Å². The van der Waals surface area contributed by atoms with Crippen LogP contribution in [0.3, 0.4) is 0 Å². The first-order valence-corrected chi connectivity index (χ1v) is 6.71. The summed E-state index contributed by atoms with van der Waals surface area (Å²) in [6.07, 6.45) is 8.18. The number of hydrogen-bond donors (Lipinski definition) is 1. The van der Waals surface area contributed by atoms with Gasteiger partial charge >= 0.3 is 0 Å². The van der Waals surface area contributed by atoms with Crippen LogP contribution in [0.25, 0.3) is 0 Å². The molecule has 0 fully saturated rings. The van der Waals surface area contributed by atoms with Gasteiger partial charge in [0.2, 0.25) is 0 Å². The van der Waals surface area contributed by atoms with Gasteiger partial charge in [-0.05, 0) is 31.4 Å². The first kappa shape index (κ1) is 14.1. The minimum absolute atomic E-state index is 0.0452. The molecule has 1 N–H and O–H groups in total. The lowest BCUT2D eigenvalue weighted by Crippen LogP contribution is -2.21. The maximum absolute atomic E-state index is 5.28. The Morgan fingerprint density at radius 2 is 2.18 bits per heavy atom. The van der Waals surface area contributed by atoms with Crippen LogP contribution >= 0.6 is 11.5 Å². The normalized spacial score (nSPS) is 13.4. The Balaban J connectivity index is 2.82. The molecule has 94 valence electrons. The minimum atomic E-state index is 0.0452. The second-order valence-corrected chi connectivity index (χ2v) is 5.96. The molecule has 1 atom stereocenters. The molecule has 1 rings (SSSR count). The van der Waals surface area contributed by atoms with Crippen molar-refractivity contribution in [3.63, 3.8) is 0 Å². The Morgan fingerprint density at radius 1 is 1.47 bits per heavy atom. The van der Waals surface area contributed by atoms with E-state index < -0.39 is 0 Å². The van der Waals surface area contributed by atoms with Gasteiger partial charge in [-0.15, -0.1) is 17.4 Å². The van der Waals surface area contributed by atoms with Crippen LogP contribution in [0.1, 0.15) is 56.6 Å². The van der Waals surface area contributed by atoms with Gasteiger partial charge in [0, 0.05) is 17.9 Å².